The fourth-order valence-corrected chi connectivity index (χ4v) is 1.73. The summed E-state index contributed by atoms with van der Waals surface area (Å²) in [5, 5.41) is 2.81. The van der Waals surface area contributed by atoms with Gasteiger partial charge in [0.25, 0.3) is 5.91 Å². The topological polar surface area (TPSA) is 38.3 Å². The summed E-state index contributed by atoms with van der Waals surface area (Å²) in [7, 11) is 0. The number of alkyl halides is 1. The van der Waals surface area contributed by atoms with Gasteiger partial charge in [-0.2, -0.15) is 0 Å². The van der Waals surface area contributed by atoms with Crippen LogP contribution in [0.5, 0.6) is 0 Å². The highest BCUT2D eigenvalue weighted by atomic mass is 35.5. The van der Waals surface area contributed by atoms with Crippen molar-refractivity contribution in [2.45, 2.75) is 26.2 Å². The third kappa shape index (κ3) is 5.62. The summed E-state index contributed by atoms with van der Waals surface area (Å²) < 4.78 is 5.19. The van der Waals surface area contributed by atoms with Crippen LogP contribution in [0.3, 0.4) is 0 Å². The number of benzene rings is 1. The predicted molar refractivity (Wildman–Crippen MR) is 79.0 cm³/mol. The van der Waals surface area contributed by atoms with Crippen molar-refractivity contribution in [1.82, 2.24) is 5.32 Å². The smallest absolute Gasteiger partial charge is 0.251 e. The van der Waals surface area contributed by atoms with Crippen molar-refractivity contribution in [1.29, 1.82) is 0 Å². The van der Waals surface area contributed by atoms with Gasteiger partial charge in [0.05, 0.1) is 13.2 Å². The maximum absolute atomic E-state index is 11.8. The van der Waals surface area contributed by atoms with Crippen LogP contribution in [0, 0.1) is 0 Å². The van der Waals surface area contributed by atoms with E-state index in [0.29, 0.717) is 31.2 Å². The first-order valence-electron chi connectivity index (χ1n) is 6.47. The molecule has 0 atom stereocenters. The quantitative estimate of drug-likeness (QED) is 0.644. The zero-order valence-electron chi connectivity index (χ0n) is 11.8. The van der Waals surface area contributed by atoms with Gasteiger partial charge in [0.2, 0.25) is 0 Å². The molecule has 0 spiro atoms. The minimum absolute atomic E-state index is 0.0741. The van der Waals surface area contributed by atoms with E-state index in [1.54, 1.807) is 0 Å². The third-order valence-corrected chi connectivity index (χ3v) is 2.92. The van der Waals surface area contributed by atoms with E-state index < -0.39 is 0 Å². The monoisotopic (exact) mass is 283 g/mol. The van der Waals surface area contributed by atoms with E-state index in [0.717, 1.165) is 0 Å². The molecule has 0 aliphatic heterocycles. The first kappa shape index (κ1) is 16.0. The largest absolute Gasteiger partial charge is 0.378 e. The van der Waals surface area contributed by atoms with Crippen molar-refractivity contribution in [3.05, 3.63) is 35.4 Å². The average molecular weight is 284 g/mol. The standard InChI is InChI=1S/C15H22ClNO2/c1-15(2,3)13-6-4-12(5-7-13)14(18)17-9-11-19-10-8-16/h4-7H,8-11H2,1-3H3,(H,17,18). The van der Waals surface area contributed by atoms with Crippen molar-refractivity contribution < 1.29 is 9.53 Å². The van der Waals surface area contributed by atoms with Crippen molar-refractivity contribution >= 4 is 17.5 Å². The van der Waals surface area contributed by atoms with Gasteiger partial charge < -0.3 is 10.1 Å². The summed E-state index contributed by atoms with van der Waals surface area (Å²) in [5.41, 5.74) is 1.99. The molecular weight excluding hydrogens is 262 g/mol. The second-order valence-corrected chi connectivity index (χ2v) is 5.76. The van der Waals surface area contributed by atoms with E-state index >= 15 is 0 Å². The Hall–Kier alpha value is -1.06. The molecule has 1 amide bonds. The van der Waals surface area contributed by atoms with E-state index in [2.05, 4.69) is 26.1 Å². The Bertz CT molecular complexity index is 396. The molecule has 4 heteroatoms. The number of carbonyl (C=O) groups excluding carboxylic acids is 1. The van der Waals surface area contributed by atoms with E-state index in [1.807, 2.05) is 24.3 Å². The summed E-state index contributed by atoms with van der Waals surface area (Å²) in [4.78, 5) is 11.8. The molecule has 0 saturated heterocycles. The van der Waals surface area contributed by atoms with Gasteiger partial charge in [-0.15, -0.1) is 11.6 Å². The SMILES string of the molecule is CC(C)(C)c1ccc(C(=O)NCCOCCCl)cc1. The average Bonchev–Trinajstić information content (AvgIpc) is 2.37. The lowest BCUT2D eigenvalue weighted by atomic mass is 9.87. The summed E-state index contributed by atoms with van der Waals surface area (Å²) in [6.45, 7) is 7.94. The van der Waals surface area contributed by atoms with Crippen LogP contribution in [0.1, 0.15) is 36.7 Å². The van der Waals surface area contributed by atoms with Gasteiger partial charge in [0.15, 0.2) is 0 Å². The highest BCUT2D eigenvalue weighted by Crippen LogP contribution is 2.22. The highest BCUT2D eigenvalue weighted by Gasteiger charge is 2.14. The van der Waals surface area contributed by atoms with Crippen LogP contribution in [0.4, 0.5) is 0 Å². The minimum atomic E-state index is -0.0741. The maximum atomic E-state index is 11.8. The van der Waals surface area contributed by atoms with Gasteiger partial charge in [0, 0.05) is 18.0 Å². The zero-order valence-corrected chi connectivity index (χ0v) is 12.6. The summed E-state index contributed by atoms with van der Waals surface area (Å²) in [6.07, 6.45) is 0. The number of hydrogen-bond acceptors (Lipinski definition) is 2. The molecule has 1 aromatic rings. The Morgan fingerprint density at radius 3 is 2.37 bits per heavy atom. The fraction of sp³-hybridized carbons (Fsp3) is 0.533. The maximum Gasteiger partial charge on any atom is 0.251 e. The number of nitrogens with one attached hydrogen (secondary N) is 1. The molecule has 19 heavy (non-hydrogen) atoms. The lowest BCUT2D eigenvalue weighted by Crippen LogP contribution is -2.27. The van der Waals surface area contributed by atoms with Crippen LogP contribution in [0.15, 0.2) is 24.3 Å². The first-order chi connectivity index (χ1) is 8.95. The highest BCUT2D eigenvalue weighted by molar-refractivity contribution is 6.17. The van der Waals surface area contributed by atoms with Crippen LogP contribution < -0.4 is 5.32 Å². The molecule has 0 saturated carbocycles. The van der Waals surface area contributed by atoms with Crippen LogP contribution in [-0.2, 0) is 10.2 Å². The molecule has 0 aromatic heterocycles. The lowest BCUT2D eigenvalue weighted by Gasteiger charge is -2.19. The minimum Gasteiger partial charge on any atom is -0.378 e. The van der Waals surface area contributed by atoms with Crippen LogP contribution in [-0.4, -0.2) is 31.5 Å². The van der Waals surface area contributed by atoms with Crippen molar-refractivity contribution in [2.24, 2.45) is 0 Å². The molecule has 0 unspecified atom stereocenters. The number of rotatable bonds is 6. The fourth-order valence-electron chi connectivity index (χ4n) is 1.62. The number of ether oxygens (including phenoxy) is 1. The molecule has 0 heterocycles. The van der Waals surface area contributed by atoms with Crippen molar-refractivity contribution in [2.75, 3.05) is 25.6 Å². The molecule has 0 radical (unpaired) electrons. The summed E-state index contributed by atoms with van der Waals surface area (Å²) >= 11 is 5.48. The van der Waals surface area contributed by atoms with Crippen LogP contribution in [0.25, 0.3) is 0 Å². The Morgan fingerprint density at radius 1 is 1.21 bits per heavy atom. The van der Waals surface area contributed by atoms with Gasteiger partial charge in [0.1, 0.15) is 0 Å². The Kier molecular flexibility index (Phi) is 6.32. The molecule has 106 valence electrons. The van der Waals surface area contributed by atoms with Gasteiger partial charge in [-0.3, -0.25) is 4.79 Å². The molecule has 3 nitrogen and oxygen atoms in total. The summed E-state index contributed by atoms with van der Waals surface area (Å²) in [5.74, 6) is 0.400. The van der Waals surface area contributed by atoms with E-state index in [-0.39, 0.29) is 11.3 Å². The second kappa shape index (κ2) is 7.51. The molecule has 0 aliphatic rings. The Morgan fingerprint density at radius 2 is 1.84 bits per heavy atom. The number of halogens is 1. The Labute approximate surface area is 120 Å². The number of hydrogen-bond donors (Lipinski definition) is 1. The normalized spacial score (nSPS) is 11.4. The van der Waals surface area contributed by atoms with Crippen molar-refractivity contribution in [3.8, 4) is 0 Å². The zero-order chi connectivity index (χ0) is 14.3. The molecule has 1 aromatic carbocycles. The van der Waals surface area contributed by atoms with Gasteiger partial charge in [-0.05, 0) is 23.1 Å². The molecule has 1 rings (SSSR count). The van der Waals surface area contributed by atoms with Crippen molar-refractivity contribution in [3.63, 3.8) is 0 Å². The molecule has 0 aliphatic carbocycles. The van der Waals surface area contributed by atoms with Crippen LogP contribution in [0.2, 0.25) is 0 Å². The molecule has 1 N–H and O–H groups in total. The first-order valence-corrected chi connectivity index (χ1v) is 7.01. The predicted octanol–water partition coefficient (Wildman–Crippen LogP) is 2.97. The number of amides is 1. The van der Waals surface area contributed by atoms with Crippen LogP contribution >= 0.6 is 11.6 Å². The van der Waals surface area contributed by atoms with E-state index in [1.165, 1.54) is 5.56 Å². The van der Waals surface area contributed by atoms with E-state index in [9.17, 15) is 4.79 Å². The van der Waals surface area contributed by atoms with Gasteiger partial charge >= 0.3 is 0 Å². The Balaban J connectivity index is 2.45. The molecule has 0 bridgehead atoms. The third-order valence-electron chi connectivity index (χ3n) is 2.77. The molecular formula is C15H22ClNO2. The number of carbonyl (C=O) groups is 1. The second-order valence-electron chi connectivity index (χ2n) is 5.38. The van der Waals surface area contributed by atoms with E-state index in [4.69, 9.17) is 16.3 Å². The van der Waals surface area contributed by atoms with Gasteiger partial charge in [-0.1, -0.05) is 32.9 Å². The lowest BCUT2D eigenvalue weighted by molar-refractivity contribution is 0.0923. The summed E-state index contributed by atoms with van der Waals surface area (Å²) in [6, 6.07) is 7.71. The molecule has 0 fully saturated rings. The van der Waals surface area contributed by atoms with Gasteiger partial charge in [-0.25, -0.2) is 0 Å².